The molecule has 1 heterocycles. The van der Waals surface area contributed by atoms with Crippen LogP contribution >= 0.6 is 0 Å². The fourth-order valence-electron chi connectivity index (χ4n) is 0.984. The maximum Gasteiger partial charge on any atom is 0.417 e. The fraction of sp³-hybridized carbons (Fsp3) is 0.222. The lowest BCUT2D eigenvalue weighted by Crippen LogP contribution is -2.14. The molecule has 0 aliphatic heterocycles. The minimum atomic E-state index is -4.46. The second kappa shape index (κ2) is 4.31. The van der Waals surface area contributed by atoms with Crippen molar-refractivity contribution in [2.45, 2.75) is 6.18 Å². The summed E-state index contributed by atoms with van der Waals surface area (Å²) in [5, 5.41) is 0. The van der Waals surface area contributed by atoms with Crippen molar-refractivity contribution in [3.8, 4) is 0 Å². The van der Waals surface area contributed by atoms with Crippen LogP contribution in [0.3, 0.4) is 0 Å². The third kappa shape index (κ3) is 2.95. The molecule has 1 aromatic rings. The molecule has 0 aliphatic carbocycles. The van der Waals surface area contributed by atoms with Gasteiger partial charge in [-0.2, -0.15) is 13.2 Å². The summed E-state index contributed by atoms with van der Waals surface area (Å²) in [5.74, 6) is 0. The van der Waals surface area contributed by atoms with Gasteiger partial charge in [0, 0.05) is 18.3 Å². The number of aromatic nitrogens is 1. The first-order valence-corrected chi connectivity index (χ1v) is 4.11. The normalized spacial score (nSPS) is 12.3. The Morgan fingerprint density at radius 3 is 2.67 bits per heavy atom. The van der Waals surface area contributed by atoms with Crippen LogP contribution in [-0.2, 0) is 6.18 Å². The van der Waals surface area contributed by atoms with Crippen LogP contribution in [0.1, 0.15) is 11.1 Å². The molecule has 6 heteroatoms. The van der Waals surface area contributed by atoms with Crippen LogP contribution in [0, 0.1) is 0 Å². The van der Waals surface area contributed by atoms with Gasteiger partial charge in [-0.15, -0.1) is 0 Å². The molecule has 0 saturated heterocycles. The van der Waals surface area contributed by atoms with E-state index >= 15 is 0 Å². The first kappa shape index (κ1) is 11.5. The van der Waals surface area contributed by atoms with Gasteiger partial charge in [-0.3, -0.25) is 4.79 Å². The van der Waals surface area contributed by atoms with E-state index in [0.29, 0.717) is 6.20 Å². The van der Waals surface area contributed by atoms with Gasteiger partial charge in [0.15, 0.2) is 0 Å². The first-order valence-electron chi connectivity index (χ1n) is 4.11. The second-order valence-electron chi connectivity index (χ2n) is 2.81. The van der Waals surface area contributed by atoms with Gasteiger partial charge in [0.25, 0.3) is 5.56 Å². The van der Waals surface area contributed by atoms with Crippen molar-refractivity contribution in [2.24, 2.45) is 5.73 Å². The molecule has 0 bridgehead atoms. The Morgan fingerprint density at radius 1 is 1.47 bits per heavy atom. The number of H-pyrrole nitrogens is 1. The first-order chi connectivity index (χ1) is 6.95. The number of halogens is 3. The van der Waals surface area contributed by atoms with Crippen molar-refractivity contribution in [1.29, 1.82) is 0 Å². The molecule has 0 spiro atoms. The fourth-order valence-corrected chi connectivity index (χ4v) is 0.984. The third-order valence-electron chi connectivity index (χ3n) is 1.69. The lowest BCUT2D eigenvalue weighted by atomic mass is 10.2. The minimum absolute atomic E-state index is 0.0599. The monoisotopic (exact) mass is 218 g/mol. The highest BCUT2D eigenvalue weighted by Crippen LogP contribution is 2.28. The average Bonchev–Trinajstić information content (AvgIpc) is 2.15. The molecule has 1 rings (SSSR count). The summed E-state index contributed by atoms with van der Waals surface area (Å²) < 4.78 is 36.8. The average molecular weight is 218 g/mol. The Bertz CT molecular complexity index is 420. The molecule has 0 saturated carbocycles. The van der Waals surface area contributed by atoms with Crippen molar-refractivity contribution in [2.75, 3.05) is 6.54 Å². The number of alkyl halides is 3. The number of hydrogen-bond donors (Lipinski definition) is 2. The van der Waals surface area contributed by atoms with E-state index in [0.717, 1.165) is 6.07 Å². The summed E-state index contributed by atoms with van der Waals surface area (Å²) in [6, 6.07) is 0.783. The highest BCUT2D eigenvalue weighted by atomic mass is 19.4. The van der Waals surface area contributed by atoms with Gasteiger partial charge >= 0.3 is 6.18 Å². The zero-order valence-electron chi connectivity index (χ0n) is 7.64. The topological polar surface area (TPSA) is 58.9 Å². The summed E-state index contributed by atoms with van der Waals surface area (Å²) in [6.45, 7) is 0.162. The van der Waals surface area contributed by atoms with E-state index < -0.39 is 17.3 Å². The van der Waals surface area contributed by atoms with E-state index in [1.807, 2.05) is 4.98 Å². The summed E-state index contributed by atoms with van der Waals surface area (Å²) >= 11 is 0. The van der Waals surface area contributed by atoms with E-state index in [-0.39, 0.29) is 12.1 Å². The van der Waals surface area contributed by atoms with Crippen molar-refractivity contribution in [3.05, 3.63) is 39.8 Å². The number of rotatable bonds is 2. The van der Waals surface area contributed by atoms with E-state index in [9.17, 15) is 18.0 Å². The molecule has 15 heavy (non-hydrogen) atoms. The molecule has 0 atom stereocenters. The van der Waals surface area contributed by atoms with Crippen LogP contribution in [0.4, 0.5) is 13.2 Å². The summed E-state index contributed by atoms with van der Waals surface area (Å²) in [7, 11) is 0. The maximum atomic E-state index is 12.3. The van der Waals surface area contributed by atoms with Crippen LogP contribution < -0.4 is 11.3 Å². The minimum Gasteiger partial charge on any atom is -0.328 e. The smallest absolute Gasteiger partial charge is 0.328 e. The quantitative estimate of drug-likeness (QED) is 0.787. The zero-order chi connectivity index (χ0) is 11.5. The van der Waals surface area contributed by atoms with Crippen LogP contribution in [0.2, 0.25) is 0 Å². The summed E-state index contributed by atoms with van der Waals surface area (Å²) in [4.78, 5) is 13.1. The molecular formula is C9H9F3N2O. The van der Waals surface area contributed by atoms with Crippen molar-refractivity contribution in [1.82, 2.24) is 4.98 Å². The Labute approximate surface area is 83.4 Å². The van der Waals surface area contributed by atoms with Crippen LogP contribution in [0.5, 0.6) is 0 Å². The Morgan fingerprint density at radius 2 is 2.13 bits per heavy atom. The lowest BCUT2D eigenvalue weighted by Gasteiger charge is -2.05. The maximum absolute atomic E-state index is 12.3. The van der Waals surface area contributed by atoms with E-state index in [1.165, 1.54) is 12.2 Å². The summed E-state index contributed by atoms with van der Waals surface area (Å²) in [6.07, 6.45) is -1.16. The van der Waals surface area contributed by atoms with Crippen LogP contribution in [0.15, 0.2) is 23.1 Å². The molecule has 0 aliphatic rings. The van der Waals surface area contributed by atoms with Gasteiger partial charge in [0.2, 0.25) is 0 Å². The largest absolute Gasteiger partial charge is 0.417 e. The predicted octanol–water partition coefficient (Wildman–Crippen LogP) is 1.37. The zero-order valence-corrected chi connectivity index (χ0v) is 7.64. The lowest BCUT2D eigenvalue weighted by molar-refractivity contribution is -0.137. The Kier molecular flexibility index (Phi) is 3.31. The molecule has 3 nitrogen and oxygen atoms in total. The van der Waals surface area contributed by atoms with E-state index in [2.05, 4.69) is 0 Å². The second-order valence-corrected chi connectivity index (χ2v) is 2.81. The molecule has 1 aromatic heterocycles. The van der Waals surface area contributed by atoms with Gasteiger partial charge in [-0.1, -0.05) is 12.2 Å². The van der Waals surface area contributed by atoms with Gasteiger partial charge in [-0.25, -0.2) is 0 Å². The molecule has 0 aromatic carbocycles. The Hall–Kier alpha value is -1.56. The number of pyridine rings is 1. The van der Waals surface area contributed by atoms with Gasteiger partial charge in [0.05, 0.1) is 5.56 Å². The van der Waals surface area contributed by atoms with Gasteiger partial charge < -0.3 is 10.7 Å². The van der Waals surface area contributed by atoms with Gasteiger partial charge in [0.1, 0.15) is 0 Å². The highest BCUT2D eigenvalue weighted by molar-refractivity contribution is 5.49. The number of nitrogens with one attached hydrogen (secondary N) is 1. The third-order valence-corrected chi connectivity index (χ3v) is 1.69. The molecule has 82 valence electrons. The molecule has 0 amide bonds. The molecule has 3 N–H and O–H groups in total. The van der Waals surface area contributed by atoms with Crippen molar-refractivity contribution < 1.29 is 13.2 Å². The molecule has 0 fully saturated rings. The standard InChI is InChI=1S/C9H9F3N2O/c10-9(11,12)7-4-6(2-1-3-13)8(15)14-5-7/h1-2,4-5H,3,13H2,(H,14,15). The number of nitrogens with two attached hydrogens (primary N) is 1. The van der Waals surface area contributed by atoms with Crippen molar-refractivity contribution in [3.63, 3.8) is 0 Å². The molecule has 0 unspecified atom stereocenters. The van der Waals surface area contributed by atoms with Crippen molar-refractivity contribution >= 4 is 6.08 Å². The highest BCUT2D eigenvalue weighted by Gasteiger charge is 2.31. The Balaban J connectivity index is 3.17. The predicted molar refractivity (Wildman–Crippen MR) is 50.2 cm³/mol. The SMILES string of the molecule is NCC=Cc1cc(C(F)(F)F)c[nH]c1=O. The number of aromatic amines is 1. The van der Waals surface area contributed by atoms with Crippen LogP contribution in [0.25, 0.3) is 6.08 Å². The number of hydrogen-bond acceptors (Lipinski definition) is 2. The van der Waals surface area contributed by atoms with Crippen LogP contribution in [-0.4, -0.2) is 11.5 Å². The van der Waals surface area contributed by atoms with E-state index in [4.69, 9.17) is 5.73 Å². The molecular weight excluding hydrogens is 209 g/mol. The molecule has 0 radical (unpaired) electrons. The summed E-state index contributed by atoms with van der Waals surface area (Å²) in [5.41, 5.74) is 3.60. The van der Waals surface area contributed by atoms with E-state index in [1.54, 1.807) is 0 Å². The van der Waals surface area contributed by atoms with Gasteiger partial charge in [-0.05, 0) is 6.07 Å².